The molecule has 0 radical (unpaired) electrons. The third-order valence-corrected chi connectivity index (χ3v) is 2.39. The van der Waals surface area contributed by atoms with Crippen LogP contribution in [0.2, 0.25) is 0 Å². The maximum atomic E-state index is 11.6. The predicted octanol–water partition coefficient (Wildman–Crippen LogP) is 2.20. The molecule has 0 atom stereocenters. The molecule has 5 heteroatoms. The fourth-order valence-electron chi connectivity index (χ4n) is 1.55. The van der Waals surface area contributed by atoms with Gasteiger partial charge in [-0.3, -0.25) is 0 Å². The molecule has 2 aromatic rings. The van der Waals surface area contributed by atoms with E-state index in [1.807, 2.05) is 12.1 Å². The molecule has 0 bridgehead atoms. The first kappa shape index (κ1) is 12.2. The second kappa shape index (κ2) is 5.86. The number of hydrogen-bond donors (Lipinski definition) is 2. The number of rotatable bonds is 5. The molecular formula is C13H15N3O2. The molecule has 1 heterocycles. The van der Waals surface area contributed by atoms with Gasteiger partial charge in [0.05, 0.1) is 18.7 Å². The molecule has 0 saturated carbocycles. The van der Waals surface area contributed by atoms with Crippen molar-refractivity contribution in [1.29, 1.82) is 0 Å². The number of hydrogen-bond acceptors (Lipinski definition) is 4. The van der Waals surface area contributed by atoms with Crippen LogP contribution in [-0.4, -0.2) is 22.5 Å². The summed E-state index contributed by atoms with van der Waals surface area (Å²) in [5.41, 5.74) is 1.40. The minimum absolute atomic E-state index is 0.306. The third kappa shape index (κ3) is 3.10. The number of nitrogens with one attached hydrogen (secondary N) is 2. The standard InChI is InChI=1S/C13H15N3O2/c1-2-18-13(17)10-4-3-5-11(8-10)16-9-12-14-6-7-15-12/h3-8,16H,2,9H2,1H3,(H,14,15). The highest BCUT2D eigenvalue weighted by Crippen LogP contribution is 2.12. The number of nitrogens with zero attached hydrogens (tertiary/aromatic N) is 1. The van der Waals surface area contributed by atoms with Crippen LogP contribution in [0.1, 0.15) is 23.1 Å². The second-order valence-electron chi connectivity index (χ2n) is 3.69. The fraction of sp³-hybridized carbons (Fsp3) is 0.231. The van der Waals surface area contributed by atoms with Gasteiger partial charge in [0.15, 0.2) is 0 Å². The topological polar surface area (TPSA) is 67.0 Å². The third-order valence-electron chi connectivity index (χ3n) is 2.39. The van der Waals surface area contributed by atoms with Crippen molar-refractivity contribution in [3.8, 4) is 0 Å². The van der Waals surface area contributed by atoms with Crippen molar-refractivity contribution >= 4 is 11.7 Å². The number of ether oxygens (including phenoxy) is 1. The van der Waals surface area contributed by atoms with E-state index in [9.17, 15) is 4.79 Å². The van der Waals surface area contributed by atoms with Crippen LogP contribution in [0.25, 0.3) is 0 Å². The molecular weight excluding hydrogens is 230 g/mol. The van der Waals surface area contributed by atoms with E-state index >= 15 is 0 Å². The molecule has 94 valence electrons. The zero-order valence-corrected chi connectivity index (χ0v) is 10.1. The van der Waals surface area contributed by atoms with Gasteiger partial charge in [0.2, 0.25) is 0 Å². The lowest BCUT2D eigenvalue weighted by molar-refractivity contribution is 0.0526. The highest BCUT2D eigenvalue weighted by molar-refractivity contribution is 5.90. The largest absolute Gasteiger partial charge is 0.462 e. The number of aromatic amines is 1. The molecule has 0 spiro atoms. The van der Waals surface area contributed by atoms with Crippen molar-refractivity contribution in [2.75, 3.05) is 11.9 Å². The van der Waals surface area contributed by atoms with Crippen LogP contribution in [0.15, 0.2) is 36.7 Å². The number of carbonyl (C=O) groups excluding carboxylic acids is 1. The molecule has 0 aliphatic rings. The zero-order valence-electron chi connectivity index (χ0n) is 10.1. The summed E-state index contributed by atoms with van der Waals surface area (Å²) in [6.07, 6.45) is 3.47. The predicted molar refractivity (Wildman–Crippen MR) is 68.3 cm³/mol. The Labute approximate surface area is 105 Å². The number of anilines is 1. The Kier molecular flexibility index (Phi) is 3.96. The van der Waals surface area contributed by atoms with E-state index in [0.717, 1.165) is 11.5 Å². The molecule has 2 N–H and O–H groups in total. The van der Waals surface area contributed by atoms with E-state index in [1.54, 1.807) is 31.5 Å². The minimum Gasteiger partial charge on any atom is -0.462 e. The average molecular weight is 245 g/mol. The maximum Gasteiger partial charge on any atom is 0.338 e. The van der Waals surface area contributed by atoms with Crippen molar-refractivity contribution in [3.05, 3.63) is 48.0 Å². The summed E-state index contributed by atoms with van der Waals surface area (Å²) in [6.45, 7) is 2.75. The number of aromatic nitrogens is 2. The van der Waals surface area contributed by atoms with Crippen molar-refractivity contribution in [2.45, 2.75) is 13.5 Å². The maximum absolute atomic E-state index is 11.6. The van der Waals surface area contributed by atoms with E-state index in [1.165, 1.54) is 0 Å². The summed E-state index contributed by atoms with van der Waals surface area (Å²) in [5, 5.41) is 3.18. The SMILES string of the molecule is CCOC(=O)c1cccc(NCc2ncc[nH]2)c1. The first-order valence-corrected chi connectivity index (χ1v) is 5.79. The van der Waals surface area contributed by atoms with Gasteiger partial charge in [-0.1, -0.05) is 6.07 Å². The molecule has 5 nitrogen and oxygen atoms in total. The van der Waals surface area contributed by atoms with E-state index in [0.29, 0.717) is 18.7 Å². The van der Waals surface area contributed by atoms with E-state index in [2.05, 4.69) is 15.3 Å². The molecule has 0 aliphatic carbocycles. The number of imidazole rings is 1. The minimum atomic E-state index is -0.306. The van der Waals surface area contributed by atoms with Gasteiger partial charge in [-0.2, -0.15) is 0 Å². The van der Waals surface area contributed by atoms with E-state index in [-0.39, 0.29) is 5.97 Å². The van der Waals surface area contributed by atoms with Gasteiger partial charge < -0.3 is 15.0 Å². The summed E-state index contributed by atoms with van der Waals surface area (Å²) in [7, 11) is 0. The summed E-state index contributed by atoms with van der Waals surface area (Å²) in [6, 6.07) is 7.21. The molecule has 0 aliphatic heterocycles. The fourth-order valence-corrected chi connectivity index (χ4v) is 1.55. The molecule has 1 aromatic heterocycles. The Balaban J connectivity index is 2.01. The normalized spacial score (nSPS) is 10.1. The van der Waals surface area contributed by atoms with Gasteiger partial charge in [0.25, 0.3) is 0 Å². The Hall–Kier alpha value is -2.30. The Morgan fingerprint density at radius 1 is 1.50 bits per heavy atom. The highest BCUT2D eigenvalue weighted by atomic mass is 16.5. The van der Waals surface area contributed by atoms with E-state index < -0.39 is 0 Å². The first-order valence-electron chi connectivity index (χ1n) is 5.79. The molecule has 0 amide bonds. The average Bonchev–Trinajstić information content (AvgIpc) is 2.90. The van der Waals surface area contributed by atoms with Gasteiger partial charge in [-0.25, -0.2) is 9.78 Å². The van der Waals surface area contributed by atoms with E-state index in [4.69, 9.17) is 4.74 Å². The number of benzene rings is 1. The number of H-pyrrole nitrogens is 1. The summed E-state index contributed by atoms with van der Waals surface area (Å²) in [4.78, 5) is 18.7. The van der Waals surface area contributed by atoms with Gasteiger partial charge in [0.1, 0.15) is 5.82 Å². The lowest BCUT2D eigenvalue weighted by Crippen LogP contribution is -2.06. The van der Waals surface area contributed by atoms with Crippen LogP contribution < -0.4 is 5.32 Å². The van der Waals surface area contributed by atoms with Crippen LogP contribution >= 0.6 is 0 Å². The summed E-state index contributed by atoms with van der Waals surface area (Å²) in [5.74, 6) is 0.538. The van der Waals surface area contributed by atoms with Gasteiger partial charge >= 0.3 is 5.97 Å². The van der Waals surface area contributed by atoms with Crippen molar-refractivity contribution in [2.24, 2.45) is 0 Å². The van der Waals surface area contributed by atoms with Crippen molar-refractivity contribution in [3.63, 3.8) is 0 Å². The zero-order chi connectivity index (χ0) is 12.8. The Morgan fingerprint density at radius 3 is 3.11 bits per heavy atom. The van der Waals surface area contributed by atoms with Gasteiger partial charge in [0, 0.05) is 18.1 Å². The number of carbonyl (C=O) groups is 1. The van der Waals surface area contributed by atoms with Crippen LogP contribution in [-0.2, 0) is 11.3 Å². The summed E-state index contributed by atoms with van der Waals surface area (Å²) < 4.78 is 4.95. The molecule has 1 aromatic carbocycles. The Morgan fingerprint density at radius 2 is 2.39 bits per heavy atom. The van der Waals surface area contributed by atoms with Crippen molar-refractivity contribution in [1.82, 2.24) is 9.97 Å². The number of esters is 1. The quantitative estimate of drug-likeness (QED) is 0.792. The Bertz CT molecular complexity index is 509. The van der Waals surface area contributed by atoms with Crippen molar-refractivity contribution < 1.29 is 9.53 Å². The molecule has 0 unspecified atom stereocenters. The second-order valence-corrected chi connectivity index (χ2v) is 3.69. The molecule has 0 fully saturated rings. The van der Waals surface area contributed by atoms with Crippen LogP contribution in [0.3, 0.4) is 0 Å². The van der Waals surface area contributed by atoms with Crippen LogP contribution in [0.4, 0.5) is 5.69 Å². The van der Waals surface area contributed by atoms with Crippen LogP contribution in [0.5, 0.6) is 0 Å². The monoisotopic (exact) mass is 245 g/mol. The summed E-state index contributed by atoms with van der Waals surface area (Å²) >= 11 is 0. The van der Waals surface area contributed by atoms with Gasteiger partial charge in [-0.05, 0) is 25.1 Å². The lowest BCUT2D eigenvalue weighted by atomic mass is 10.2. The highest BCUT2D eigenvalue weighted by Gasteiger charge is 2.06. The lowest BCUT2D eigenvalue weighted by Gasteiger charge is -2.06. The molecule has 18 heavy (non-hydrogen) atoms. The first-order chi connectivity index (χ1) is 8.79. The van der Waals surface area contributed by atoms with Gasteiger partial charge in [-0.15, -0.1) is 0 Å². The smallest absolute Gasteiger partial charge is 0.338 e. The molecule has 2 rings (SSSR count). The molecule has 0 saturated heterocycles. The van der Waals surface area contributed by atoms with Crippen LogP contribution in [0, 0.1) is 0 Å².